The van der Waals surface area contributed by atoms with Crippen LogP contribution in [-0.2, 0) is 16.6 Å². The summed E-state index contributed by atoms with van der Waals surface area (Å²) >= 11 is 0. The molecule has 2 aromatic rings. The monoisotopic (exact) mass is 364 g/mol. The number of hydrogen-bond donors (Lipinski definition) is 0. The van der Waals surface area contributed by atoms with Crippen LogP contribution in [0, 0.1) is 22.9 Å². The van der Waals surface area contributed by atoms with E-state index in [-0.39, 0.29) is 28.7 Å². The number of aryl methyl sites for hydroxylation is 1. The molecule has 0 unspecified atom stereocenters. The van der Waals surface area contributed by atoms with Crippen LogP contribution in [-0.4, -0.2) is 23.7 Å². The van der Waals surface area contributed by atoms with Crippen molar-refractivity contribution in [1.29, 1.82) is 0 Å². The van der Waals surface area contributed by atoms with E-state index in [9.17, 15) is 22.9 Å². The van der Waals surface area contributed by atoms with E-state index in [4.69, 9.17) is 0 Å². The Morgan fingerprint density at radius 1 is 1.24 bits per heavy atom. The van der Waals surface area contributed by atoms with Crippen molar-refractivity contribution >= 4 is 15.7 Å². The number of nitro benzene ring substituents is 1. The first-order valence-corrected chi connectivity index (χ1v) is 9.25. The second-order valence-corrected chi connectivity index (χ2v) is 7.94. The molecule has 6 nitrogen and oxygen atoms in total. The van der Waals surface area contributed by atoms with Crippen LogP contribution in [0.3, 0.4) is 0 Å². The van der Waals surface area contributed by atoms with Crippen LogP contribution in [0.5, 0.6) is 0 Å². The SMILES string of the molecule is Cc1ccc([N+](=O)[O-])cc1S(=O)(=O)N(Cc1ccccc1F)C1CC1. The van der Waals surface area contributed by atoms with E-state index in [2.05, 4.69) is 0 Å². The Balaban J connectivity index is 2.03. The zero-order chi connectivity index (χ0) is 18.2. The lowest BCUT2D eigenvalue weighted by molar-refractivity contribution is -0.385. The smallest absolute Gasteiger partial charge is 0.258 e. The van der Waals surface area contributed by atoms with Gasteiger partial charge < -0.3 is 0 Å². The van der Waals surface area contributed by atoms with Crippen LogP contribution in [0.15, 0.2) is 47.4 Å². The highest BCUT2D eigenvalue weighted by Gasteiger charge is 2.39. The molecule has 8 heteroatoms. The number of benzene rings is 2. The van der Waals surface area contributed by atoms with Gasteiger partial charge in [-0.2, -0.15) is 4.31 Å². The van der Waals surface area contributed by atoms with Gasteiger partial charge in [-0.15, -0.1) is 0 Å². The van der Waals surface area contributed by atoms with Crippen molar-refractivity contribution in [2.24, 2.45) is 0 Å². The van der Waals surface area contributed by atoms with E-state index in [0.717, 1.165) is 6.07 Å². The molecule has 25 heavy (non-hydrogen) atoms. The van der Waals surface area contributed by atoms with Gasteiger partial charge in [-0.05, 0) is 31.4 Å². The Hall–Kier alpha value is -2.32. The van der Waals surface area contributed by atoms with Crippen LogP contribution in [0.2, 0.25) is 0 Å². The van der Waals surface area contributed by atoms with E-state index in [1.54, 1.807) is 25.1 Å². The van der Waals surface area contributed by atoms with E-state index in [1.807, 2.05) is 0 Å². The molecule has 0 heterocycles. The lowest BCUT2D eigenvalue weighted by Gasteiger charge is -2.23. The summed E-state index contributed by atoms with van der Waals surface area (Å²) in [5.41, 5.74) is 0.414. The Kier molecular flexibility index (Phi) is 4.57. The molecule has 0 saturated heterocycles. The van der Waals surface area contributed by atoms with Gasteiger partial charge in [0.25, 0.3) is 5.69 Å². The molecule has 0 aromatic heterocycles. The average Bonchev–Trinajstić information content (AvgIpc) is 3.38. The number of nitrogens with zero attached hydrogens (tertiary/aromatic N) is 2. The molecule has 3 rings (SSSR count). The molecule has 1 fully saturated rings. The molecular weight excluding hydrogens is 347 g/mol. The molecule has 0 spiro atoms. The molecule has 1 saturated carbocycles. The molecule has 0 bridgehead atoms. The summed E-state index contributed by atoms with van der Waals surface area (Å²) in [5, 5.41) is 11.0. The summed E-state index contributed by atoms with van der Waals surface area (Å²) < 4.78 is 41.4. The fraction of sp³-hybridized carbons (Fsp3) is 0.294. The molecule has 0 N–H and O–H groups in total. The maximum Gasteiger partial charge on any atom is 0.270 e. The van der Waals surface area contributed by atoms with Crippen molar-refractivity contribution in [1.82, 2.24) is 4.31 Å². The number of non-ortho nitro benzene ring substituents is 1. The van der Waals surface area contributed by atoms with E-state index in [0.29, 0.717) is 18.4 Å². The van der Waals surface area contributed by atoms with Gasteiger partial charge in [-0.25, -0.2) is 12.8 Å². The number of sulfonamides is 1. The third-order valence-corrected chi connectivity index (χ3v) is 6.25. The van der Waals surface area contributed by atoms with E-state index in [1.165, 1.54) is 22.5 Å². The third-order valence-electron chi connectivity index (χ3n) is 4.21. The van der Waals surface area contributed by atoms with Crippen LogP contribution in [0.1, 0.15) is 24.0 Å². The zero-order valence-electron chi connectivity index (χ0n) is 13.6. The van der Waals surface area contributed by atoms with Gasteiger partial charge in [-0.3, -0.25) is 10.1 Å². The Morgan fingerprint density at radius 3 is 2.52 bits per heavy atom. The van der Waals surface area contributed by atoms with Gasteiger partial charge in [0, 0.05) is 30.3 Å². The van der Waals surface area contributed by atoms with Gasteiger partial charge in [0.1, 0.15) is 5.82 Å². The summed E-state index contributed by atoms with van der Waals surface area (Å²) in [6.07, 6.45) is 1.39. The predicted molar refractivity (Wildman–Crippen MR) is 90.0 cm³/mol. The number of hydrogen-bond acceptors (Lipinski definition) is 4. The molecule has 1 aliphatic rings. The van der Waals surface area contributed by atoms with Crippen LogP contribution in [0.4, 0.5) is 10.1 Å². The lowest BCUT2D eigenvalue weighted by Crippen LogP contribution is -2.33. The second-order valence-electron chi connectivity index (χ2n) is 6.08. The maximum absolute atomic E-state index is 14.0. The normalized spacial score (nSPS) is 14.7. The molecule has 0 aliphatic heterocycles. The van der Waals surface area contributed by atoms with Crippen LogP contribution in [0.25, 0.3) is 0 Å². The zero-order valence-corrected chi connectivity index (χ0v) is 14.4. The highest BCUT2D eigenvalue weighted by molar-refractivity contribution is 7.89. The fourth-order valence-corrected chi connectivity index (χ4v) is 4.58. The minimum Gasteiger partial charge on any atom is -0.258 e. The summed E-state index contributed by atoms with van der Waals surface area (Å²) in [6.45, 7) is 1.49. The molecule has 0 radical (unpaired) electrons. The minimum absolute atomic E-state index is 0.0954. The highest BCUT2D eigenvalue weighted by Crippen LogP contribution is 2.35. The molecule has 1 aliphatic carbocycles. The summed E-state index contributed by atoms with van der Waals surface area (Å²) in [4.78, 5) is 10.3. The quantitative estimate of drug-likeness (QED) is 0.581. The summed E-state index contributed by atoms with van der Waals surface area (Å²) in [7, 11) is -3.98. The maximum atomic E-state index is 14.0. The molecule has 2 aromatic carbocycles. The Morgan fingerprint density at radius 2 is 1.92 bits per heavy atom. The summed E-state index contributed by atoms with van der Waals surface area (Å²) in [5.74, 6) is -0.473. The van der Waals surface area contributed by atoms with Crippen LogP contribution >= 0.6 is 0 Å². The van der Waals surface area contributed by atoms with Gasteiger partial charge in [-0.1, -0.05) is 24.3 Å². The first-order valence-electron chi connectivity index (χ1n) is 7.81. The first kappa shape index (κ1) is 17.5. The Labute approximate surface area is 145 Å². The molecule has 0 amide bonds. The fourth-order valence-electron chi connectivity index (χ4n) is 2.67. The van der Waals surface area contributed by atoms with Crippen molar-refractivity contribution in [3.8, 4) is 0 Å². The van der Waals surface area contributed by atoms with Crippen molar-refractivity contribution < 1.29 is 17.7 Å². The number of halogens is 1. The summed E-state index contributed by atoms with van der Waals surface area (Å²) in [6, 6.07) is 9.57. The molecule has 0 atom stereocenters. The van der Waals surface area contributed by atoms with Gasteiger partial charge >= 0.3 is 0 Å². The molecular formula is C17H17FN2O4S. The van der Waals surface area contributed by atoms with Crippen molar-refractivity contribution in [3.05, 3.63) is 69.5 Å². The standard InChI is InChI=1S/C17H17FN2O4S/c1-12-6-7-15(20(21)22)10-17(12)25(23,24)19(14-8-9-14)11-13-4-2-3-5-16(13)18/h2-7,10,14H,8-9,11H2,1H3. The second kappa shape index (κ2) is 6.53. The topological polar surface area (TPSA) is 80.5 Å². The van der Waals surface area contributed by atoms with Crippen molar-refractivity contribution in [2.75, 3.05) is 0 Å². The highest BCUT2D eigenvalue weighted by atomic mass is 32.2. The van der Waals surface area contributed by atoms with Gasteiger partial charge in [0.05, 0.1) is 9.82 Å². The molecule has 132 valence electrons. The van der Waals surface area contributed by atoms with Crippen molar-refractivity contribution in [2.45, 2.75) is 37.2 Å². The minimum atomic E-state index is -3.98. The number of rotatable bonds is 6. The first-order chi connectivity index (χ1) is 11.8. The van der Waals surface area contributed by atoms with E-state index >= 15 is 0 Å². The van der Waals surface area contributed by atoms with Gasteiger partial charge in [0.2, 0.25) is 10.0 Å². The third kappa shape index (κ3) is 3.54. The predicted octanol–water partition coefficient (Wildman–Crippen LogP) is 3.40. The van der Waals surface area contributed by atoms with Crippen molar-refractivity contribution in [3.63, 3.8) is 0 Å². The Bertz CT molecular complexity index is 926. The van der Waals surface area contributed by atoms with Crippen LogP contribution < -0.4 is 0 Å². The lowest BCUT2D eigenvalue weighted by atomic mass is 10.2. The number of nitro groups is 1. The van der Waals surface area contributed by atoms with Gasteiger partial charge in [0.15, 0.2) is 0 Å². The largest absolute Gasteiger partial charge is 0.270 e. The van der Waals surface area contributed by atoms with E-state index < -0.39 is 20.8 Å². The average molecular weight is 364 g/mol.